The van der Waals surface area contributed by atoms with Gasteiger partial charge in [-0.05, 0) is 50.5 Å². The summed E-state index contributed by atoms with van der Waals surface area (Å²) in [4.78, 5) is 25.8. The molecule has 1 saturated carbocycles. The van der Waals surface area contributed by atoms with E-state index in [4.69, 9.17) is 9.47 Å². The largest absolute Gasteiger partial charge is 0.496 e. The molecule has 1 fully saturated rings. The molecule has 0 radical (unpaired) electrons. The summed E-state index contributed by atoms with van der Waals surface area (Å²) in [7, 11) is 1.51. The second kappa shape index (κ2) is 9.12. The molecule has 1 aliphatic carbocycles. The van der Waals surface area contributed by atoms with Crippen LogP contribution in [0.1, 0.15) is 60.5 Å². The van der Waals surface area contributed by atoms with E-state index in [1.165, 1.54) is 7.11 Å². The van der Waals surface area contributed by atoms with Crippen molar-refractivity contribution < 1.29 is 19.1 Å². The lowest BCUT2D eigenvalue weighted by atomic mass is 9.68. The Labute approximate surface area is 172 Å². The van der Waals surface area contributed by atoms with Crippen LogP contribution < -0.4 is 10.1 Å². The number of rotatable bonds is 6. The summed E-state index contributed by atoms with van der Waals surface area (Å²) in [5.74, 6) is -0.0678. The number of hydrogen-bond acceptors (Lipinski definition) is 4. The lowest BCUT2D eigenvalue weighted by Crippen LogP contribution is -2.42. The van der Waals surface area contributed by atoms with Gasteiger partial charge in [0, 0.05) is 5.69 Å². The van der Waals surface area contributed by atoms with Crippen LogP contribution in [0.4, 0.5) is 5.69 Å². The first-order valence-corrected chi connectivity index (χ1v) is 10.2. The number of amides is 1. The topological polar surface area (TPSA) is 64.6 Å². The average molecular weight is 395 g/mol. The Kier molecular flexibility index (Phi) is 6.57. The number of aryl methyl sites for hydroxylation is 1. The normalized spacial score (nSPS) is 15.4. The van der Waals surface area contributed by atoms with E-state index in [2.05, 4.69) is 17.4 Å². The molecule has 1 N–H and O–H groups in total. The molecule has 1 aliphatic rings. The SMILES string of the molecule is CCOC(=O)c1cc(NC(=O)C2(c3cccc(C)c3)CCCCC2)ccc1OC. The predicted octanol–water partition coefficient (Wildman–Crippen LogP) is 5.02. The Morgan fingerprint density at radius 1 is 1.07 bits per heavy atom. The van der Waals surface area contributed by atoms with Crippen LogP contribution in [-0.4, -0.2) is 25.6 Å². The molecule has 29 heavy (non-hydrogen) atoms. The number of carbonyl (C=O) groups excluding carboxylic acids is 2. The molecule has 3 rings (SSSR count). The molecule has 0 spiro atoms. The maximum Gasteiger partial charge on any atom is 0.341 e. The third kappa shape index (κ3) is 4.44. The van der Waals surface area contributed by atoms with Gasteiger partial charge in [0.1, 0.15) is 11.3 Å². The van der Waals surface area contributed by atoms with Gasteiger partial charge >= 0.3 is 5.97 Å². The molecule has 0 unspecified atom stereocenters. The first-order chi connectivity index (χ1) is 14.0. The molecule has 0 aliphatic heterocycles. The second-order valence-electron chi connectivity index (χ2n) is 7.60. The molecule has 154 valence electrons. The van der Waals surface area contributed by atoms with E-state index in [-0.39, 0.29) is 12.5 Å². The smallest absolute Gasteiger partial charge is 0.341 e. The fraction of sp³-hybridized carbons (Fsp3) is 0.417. The van der Waals surface area contributed by atoms with Gasteiger partial charge in [-0.15, -0.1) is 0 Å². The maximum atomic E-state index is 13.5. The zero-order valence-corrected chi connectivity index (χ0v) is 17.4. The predicted molar refractivity (Wildman–Crippen MR) is 114 cm³/mol. The van der Waals surface area contributed by atoms with Crippen molar-refractivity contribution in [2.45, 2.75) is 51.4 Å². The summed E-state index contributed by atoms with van der Waals surface area (Å²) in [6.45, 7) is 4.08. The van der Waals surface area contributed by atoms with Crippen LogP contribution in [0, 0.1) is 6.92 Å². The highest BCUT2D eigenvalue weighted by Gasteiger charge is 2.41. The average Bonchev–Trinajstić information content (AvgIpc) is 2.74. The van der Waals surface area contributed by atoms with Gasteiger partial charge < -0.3 is 14.8 Å². The summed E-state index contributed by atoms with van der Waals surface area (Å²) in [5, 5.41) is 3.06. The van der Waals surface area contributed by atoms with Crippen molar-refractivity contribution in [2.75, 3.05) is 19.0 Å². The summed E-state index contributed by atoms with van der Waals surface area (Å²) < 4.78 is 10.4. The standard InChI is InChI=1S/C24H29NO4/c1-4-29-22(26)20-16-19(11-12-21(20)28-3)25-23(27)24(13-6-5-7-14-24)18-10-8-9-17(2)15-18/h8-12,15-16H,4-7,13-14H2,1-3H3,(H,25,27). The van der Waals surface area contributed by atoms with E-state index in [0.717, 1.165) is 43.2 Å². The van der Waals surface area contributed by atoms with Crippen LogP contribution in [0.2, 0.25) is 0 Å². The number of esters is 1. The van der Waals surface area contributed by atoms with Crippen molar-refractivity contribution in [1.82, 2.24) is 0 Å². The highest BCUT2D eigenvalue weighted by molar-refractivity contribution is 6.01. The molecule has 0 atom stereocenters. The highest BCUT2D eigenvalue weighted by Crippen LogP contribution is 2.41. The van der Waals surface area contributed by atoms with Gasteiger partial charge in [-0.25, -0.2) is 4.79 Å². The summed E-state index contributed by atoms with van der Waals surface area (Å²) in [6.07, 6.45) is 4.85. The molecule has 2 aromatic carbocycles. The Morgan fingerprint density at radius 3 is 2.48 bits per heavy atom. The fourth-order valence-electron chi connectivity index (χ4n) is 4.15. The number of benzene rings is 2. The highest BCUT2D eigenvalue weighted by atomic mass is 16.5. The monoisotopic (exact) mass is 395 g/mol. The quantitative estimate of drug-likeness (QED) is 0.698. The van der Waals surface area contributed by atoms with E-state index < -0.39 is 11.4 Å². The van der Waals surface area contributed by atoms with E-state index in [1.54, 1.807) is 25.1 Å². The van der Waals surface area contributed by atoms with Crippen molar-refractivity contribution in [3.05, 3.63) is 59.2 Å². The lowest BCUT2D eigenvalue weighted by Gasteiger charge is -2.36. The van der Waals surface area contributed by atoms with Crippen LogP contribution in [0.5, 0.6) is 5.75 Å². The Hall–Kier alpha value is -2.82. The van der Waals surface area contributed by atoms with Crippen LogP contribution in [0.3, 0.4) is 0 Å². The molecular weight excluding hydrogens is 366 g/mol. The zero-order valence-electron chi connectivity index (χ0n) is 17.4. The lowest BCUT2D eigenvalue weighted by molar-refractivity contribution is -0.122. The van der Waals surface area contributed by atoms with Crippen molar-refractivity contribution >= 4 is 17.6 Å². The van der Waals surface area contributed by atoms with Crippen LogP contribution >= 0.6 is 0 Å². The second-order valence-corrected chi connectivity index (χ2v) is 7.60. The molecular formula is C24H29NO4. The van der Waals surface area contributed by atoms with Gasteiger partial charge in [-0.3, -0.25) is 4.79 Å². The number of ether oxygens (including phenoxy) is 2. The van der Waals surface area contributed by atoms with Gasteiger partial charge in [-0.2, -0.15) is 0 Å². The van der Waals surface area contributed by atoms with E-state index >= 15 is 0 Å². The summed E-state index contributed by atoms with van der Waals surface area (Å²) >= 11 is 0. The van der Waals surface area contributed by atoms with E-state index in [0.29, 0.717) is 17.0 Å². The van der Waals surface area contributed by atoms with Crippen LogP contribution in [0.15, 0.2) is 42.5 Å². The number of nitrogens with one attached hydrogen (secondary N) is 1. The molecule has 0 saturated heterocycles. The van der Waals surface area contributed by atoms with Gasteiger partial charge in [-0.1, -0.05) is 49.1 Å². The molecule has 5 nitrogen and oxygen atoms in total. The molecule has 5 heteroatoms. The zero-order chi connectivity index (χ0) is 20.9. The Balaban J connectivity index is 1.92. The minimum Gasteiger partial charge on any atom is -0.496 e. The van der Waals surface area contributed by atoms with Crippen LogP contribution in [-0.2, 0) is 14.9 Å². The van der Waals surface area contributed by atoms with Gasteiger partial charge in [0.15, 0.2) is 0 Å². The van der Waals surface area contributed by atoms with Crippen molar-refractivity contribution in [2.24, 2.45) is 0 Å². The van der Waals surface area contributed by atoms with Gasteiger partial charge in [0.25, 0.3) is 0 Å². The fourth-order valence-corrected chi connectivity index (χ4v) is 4.15. The van der Waals surface area contributed by atoms with Crippen molar-refractivity contribution in [1.29, 1.82) is 0 Å². The molecule has 0 bridgehead atoms. The molecule has 1 amide bonds. The minimum absolute atomic E-state index is 0.0252. The van der Waals surface area contributed by atoms with E-state index in [1.807, 2.05) is 19.1 Å². The first-order valence-electron chi connectivity index (χ1n) is 10.2. The Morgan fingerprint density at radius 2 is 1.83 bits per heavy atom. The summed E-state index contributed by atoms with van der Waals surface area (Å²) in [6, 6.07) is 13.3. The van der Waals surface area contributed by atoms with Crippen LogP contribution in [0.25, 0.3) is 0 Å². The Bertz CT molecular complexity index is 884. The number of hydrogen-bond donors (Lipinski definition) is 1. The first kappa shape index (κ1) is 20.9. The van der Waals surface area contributed by atoms with Gasteiger partial charge in [0.05, 0.1) is 19.1 Å². The molecule has 0 aromatic heterocycles. The number of methoxy groups -OCH3 is 1. The van der Waals surface area contributed by atoms with Gasteiger partial charge in [0.2, 0.25) is 5.91 Å². The minimum atomic E-state index is -0.547. The maximum absolute atomic E-state index is 13.5. The van der Waals surface area contributed by atoms with E-state index in [9.17, 15) is 9.59 Å². The molecule has 2 aromatic rings. The number of anilines is 1. The van der Waals surface area contributed by atoms with Crippen molar-refractivity contribution in [3.63, 3.8) is 0 Å². The van der Waals surface area contributed by atoms with Crippen molar-refractivity contribution in [3.8, 4) is 5.75 Å². The third-order valence-corrected chi connectivity index (χ3v) is 5.67. The molecule has 0 heterocycles. The summed E-state index contributed by atoms with van der Waals surface area (Å²) in [5.41, 5.74) is 2.54. The number of carbonyl (C=O) groups is 2. The third-order valence-electron chi connectivity index (χ3n) is 5.67.